The standard InChI is InChI=1S/C74H42N4/c1-3-19-47(20-4-1)75-61-31-13-11-25-52(61)57-39-45(33-35-63(57)75)51-27-15-28-54-55-29-16-30-56-68-65(77(71(51)54)72(55)56)37-38-66-70(68)69-50-24-10-8-18-44(50)41-60-59-40-43-17-7-9-23-49(43)67(73(59)78(66)74(60)69)46-34-36-64-58(42-46)53-26-12-14-32-62(53)76(64)48-21-5-2-6-22-48/h1-42H. The van der Waals surface area contributed by atoms with Gasteiger partial charge in [-0.3, -0.25) is 0 Å². The molecule has 4 heteroatoms. The van der Waals surface area contributed by atoms with Gasteiger partial charge < -0.3 is 17.9 Å². The van der Waals surface area contributed by atoms with E-state index in [9.17, 15) is 0 Å². The molecule has 19 aromatic rings. The van der Waals surface area contributed by atoms with Crippen LogP contribution in [0.15, 0.2) is 255 Å². The maximum atomic E-state index is 2.65. The number of para-hydroxylation sites is 6. The molecule has 0 atom stereocenters. The lowest BCUT2D eigenvalue weighted by molar-refractivity contribution is 1.18. The van der Waals surface area contributed by atoms with Gasteiger partial charge in [0, 0.05) is 87.1 Å². The minimum atomic E-state index is 1.16. The molecule has 0 unspecified atom stereocenters. The SMILES string of the molecule is c1ccc(-n2c3ccccc3c3cc(-c4cccc5c6cccc7c8c9c%10c%11ccccc%11cc%11c%12cc%13ccccc%13c(-c%13ccc%14c(c%13)c%13ccccc%13n%14-c%13ccccc%13)c%12n(c9ccc8n(c45)c67)c%11%10)ccc32)cc1. The summed E-state index contributed by atoms with van der Waals surface area (Å²) in [6.07, 6.45) is 0. The molecule has 358 valence electrons. The van der Waals surface area contributed by atoms with Crippen LogP contribution in [0.3, 0.4) is 0 Å². The first-order valence-electron chi connectivity index (χ1n) is 27.1. The normalized spacial score (nSPS) is 12.6. The average molecular weight is 987 g/mol. The van der Waals surface area contributed by atoms with Crippen molar-refractivity contribution in [3.63, 3.8) is 0 Å². The molecule has 0 aliphatic rings. The summed E-state index contributed by atoms with van der Waals surface area (Å²) in [7, 11) is 0. The Labute approximate surface area is 445 Å². The molecule has 0 fully saturated rings. The van der Waals surface area contributed by atoms with Crippen molar-refractivity contribution in [3.05, 3.63) is 255 Å². The van der Waals surface area contributed by atoms with Crippen LogP contribution < -0.4 is 0 Å². The Kier molecular flexibility index (Phi) is 7.71. The second kappa shape index (κ2) is 14.7. The number of nitrogens with zero attached hydrogens (tertiary/aromatic N) is 4. The van der Waals surface area contributed by atoms with E-state index in [-0.39, 0.29) is 0 Å². The van der Waals surface area contributed by atoms with Crippen LogP contribution >= 0.6 is 0 Å². The highest BCUT2D eigenvalue weighted by Crippen LogP contribution is 2.52. The zero-order valence-corrected chi connectivity index (χ0v) is 42.0. The predicted molar refractivity (Wildman–Crippen MR) is 330 cm³/mol. The van der Waals surface area contributed by atoms with Gasteiger partial charge in [0.25, 0.3) is 0 Å². The van der Waals surface area contributed by atoms with Gasteiger partial charge in [0.05, 0.1) is 55.2 Å². The third-order valence-electron chi connectivity index (χ3n) is 17.7. The van der Waals surface area contributed by atoms with Crippen LogP contribution in [0.25, 0.3) is 175 Å². The number of hydrogen-bond donors (Lipinski definition) is 0. The quantitative estimate of drug-likeness (QED) is 0.167. The summed E-state index contributed by atoms with van der Waals surface area (Å²) in [5.41, 5.74) is 19.6. The topological polar surface area (TPSA) is 18.7 Å². The maximum Gasteiger partial charge on any atom is 0.0627 e. The molecular weight excluding hydrogens is 945 g/mol. The first kappa shape index (κ1) is 40.9. The zero-order valence-electron chi connectivity index (χ0n) is 42.0. The lowest BCUT2D eigenvalue weighted by Gasteiger charge is -2.13. The Balaban J connectivity index is 0.935. The molecule has 0 spiro atoms. The molecule has 0 radical (unpaired) electrons. The van der Waals surface area contributed by atoms with Gasteiger partial charge in [0.15, 0.2) is 0 Å². The van der Waals surface area contributed by atoms with Crippen LogP contribution in [0, 0.1) is 0 Å². The second-order valence-electron chi connectivity index (χ2n) is 21.5. The van der Waals surface area contributed by atoms with E-state index in [0.717, 1.165) is 5.69 Å². The molecule has 0 amide bonds. The summed E-state index contributed by atoms with van der Waals surface area (Å²) >= 11 is 0. The first-order valence-corrected chi connectivity index (χ1v) is 27.1. The van der Waals surface area contributed by atoms with E-state index in [1.54, 1.807) is 0 Å². The summed E-state index contributed by atoms with van der Waals surface area (Å²) in [4.78, 5) is 0. The Morgan fingerprint density at radius 1 is 0.218 bits per heavy atom. The van der Waals surface area contributed by atoms with Gasteiger partial charge in [-0.15, -0.1) is 0 Å². The largest absolute Gasteiger partial charge is 0.309 e. The van der Waals surface area contributed by atoms with Gasteiger partial charge in [0.2, 0.25) is 0 Å². The molecule has 6 heterocycles. The van der Waals surface area contributed by atoms with Crippen molar-refractivity contribution < 1.29 is 0 Å². The summed E-state index contributed by atoms with van der Waals surface area (Å²) in [5, 5.41) is 20.3. The van der Waals surface area contributed by atoms with Crippen LogP contribution in [0.5, 0.6) is 0 Å². The Morgan fingerprint density at radius 3 is 1.36 bits per heavy atom. The van der Waals surface area contributed by atoms with E-state index in [1.807, 2.05) is 0 Å². The van der Waals surface area contributed by atoms with Gasteiger partial charge in [0.1, 0.15) is 0 Å². The third kappa shape index (κ3) is 5.06. The fourth-order valence-corrected chi connectivity index (χ4v) is 14.7. The highest BCUT2D eigenvalue weighted by molar-refractivity contribution is 6.41. The molecule has 78 heavy (non-hydrogen) atoms. The van der Waals surface area contributed by atoms with Crippen molar-refractivity contribution in [1.29, 1.82) is 0 Å². The number of benzene rings is 13. The fourth-order valence-electron chi connectivity index (χ4n) is 14.7. The van der Waals surface area contributed by atoms with Crippen LogP contribution in [0.2, 0.25) is 0 Å². The summed E-state index contributed by atoms with van der Waals surface area (Å²) in [6, 6.07) is 95.4. The smallest absolute Gasteiger partial charge is 0.0627 e. The summed E-state index contributed by atoms with van der Waals surface area (Å²) < 4.78 is 10.1. The van der Waals surface area contributed by atoms with Gasteiger partial charge in [-0.25, -0.2) is 0 Å². The molecule has 0 aliphatic heterocycles. The number of fused-ring (bicyclic) bond motifs is 22. The molecule has 13 aromatic carbocycles. The van der Waals surface area contributed by atoms with E-state index in [0.29, 0.717) is 0 Å². The zero-order chi connectivity index (χ0) is 50.5. The third-order valence-corrected chi connectivity index (χ3v) is 17.7. The molecular formula is C74H42N4. The van der Waals surface area contributed by atoms with Crippen LogP contribution in [0.1, 0.15) is 0 Å². The summed E-state index contributed by atoms with van der Waals surface area (Å²) in [5.74, 6) is 0. The number of rotatable bonds is 4. The van der Waals surface area contributed by atoms with E-state index in [1.165, 1.54) is 169 Å². The van der Waals surface area contributed by atoms with Crippen molar-refractivity contribution >= 4 is 141 Å². The molecule has 0 aliphatic carbocycles. The van der Waals surface area contributed by atoms with Crippen molar-refractivity contribution in [2.45, 2.75) is 0 Å². The molecule has 0 bridgehead atoms. The molecule has 19 rings (SSSR count). The van der Waals surface area contributed by atoms with Crippen LogP contribution in [0.4, 0.5) is 0 Å². The average Bonchev–Trinajstić information content (AvgIpc) is 4.53. The molecule has 0 saturated carbocycles. The van der Waals surface area contributed by atoms with Gasteiger partial charge in [-0.05, 0) is 118 Å². The van der Waals surface area contributed by atoms with Crippen molar-refractivity contribution in [2.75, 3.05) is 0 Å². The van der Waals surface area contributed by atoms with Crippen molar-refractivity contribution in [3.8, 4) is 33.6 Å². The number of hydrogen-bond acceptors (Lipinski definition) is 0. The van der Waals surface area contributed by atoms with E-state index in [2.05, 4.69) is 273 Å². The molecule has 0 saturated heterocycles. The monoisotopic (exact) mass is 986 g/mol. The van der Waals surface area contributed by atoms with Gasteiger partial charge in [-0.1, -0.05) is 170 Å². The maximum absolute atomic E-state index is 2.65. The molecule has 4 nitrogen and oxygen atoms in total. The predicted octanol–water partition coefficient (Wildman–Crippen LogP) is 19.8. The lowest BCUT2D eigenvalue weighted by atomic mass is 9.92. The Morgan fingerprint density at radius 2 is 0.679 bits per heavy atom. The summed E-state index contributed by atoms with van der Waals surface area (Å²) in [6.45, 7) is 0. The fraction of sp³-hybridized carbons (Fsp3) is 0. The minimum Gasteiger partial charge on any atom is -0.309 e. The first-order chi connectivity index (χ1) is 38.7. The van der Waals surface area contributed by atoms with Crippen molar-refractivity contribution in [1.82, 2.24) is 17.9 Å². The van der Waals surface area contributed by atoms with E-state index in [4.69, 9.17) is 0 Å². The van der Waals surface area contributed by atoms with Gasteiger partial charge in [-0.2, -0.15) is 0 Å². The van der Waals surface area contributed by atoms with Crippen LogP contribution in [-0.4, -0.2) is 17.9 Å². The molecule has 0 N–H and O–H groups in total. The lowest BCUT2D eigenvalue weighted by Crippen LogP contribution is -1.93. The Hall–Kier alpha value is -10.4. The molecule has 6 aromatic heterocycles. The van der Waals surface area contributed by atoms with E-state index < -0.39 is 0 Å². The minimum absolute atomic E-state index is 1.16. The highest BCUT2D eigenvalue weighted by Gasteiger charge is 2.29. The van der Waals surface area contributed by atoms with Gasteiger partial charge >= 0.3 is 0 Å². The van der Waals surface area contributed by atoms with E-state index >= 15 is 0 Å². The van der Waals surface area contributed by atoms with Crippen LogP contribution in [-0.2, 0) is 0 Å². The Bertz CT molecular complexity index is 5790. The number of aromatic nitrogens is 4. The van der Waals surface area contributed by atoms with Crippen molar-refractivity contribution in [2.24, 2.45) is 0 Å². The second-order valence-corrected chi connectivity index (χ2v) is 21.5. The highest BCUT2D eigenvalue weighted by atomic mass is 15.0.